The van der Waals surface area contributed by atoms with Crippen molar-refractivity contribution in [2.75, 3.05) is 27.0 Å². The van der Waals surface area contributed by atoms with Crippen molar-refractivity contribution in [1.82, 2.24) is 5.32 Å². The average molecular weight is 255 g/mol. The monoisotopic (exact) mass is 255 g/mol. The number of nitrogens with one attached hydrogen (secondary N) is 1. The van der Waals surface area contributed by atoms with Crippen LogP contribution in [0.5, 0.6) is 5.75 Å². The van der Waals surface area contributed by atoms with E-state index in [-0.39, 0.29) is 12.0 Å². The SMILES string of the molecule is CNC(CSc1ccc(OC)cc1)C(=O)OC. The third-order valence-electron chi connectivity index (χ3n) is 2.31. The van der Waals surface area contributed by atoms with E-state index >= 15 is 0 Å². The van der Waals surface area contributed by atoms with Gasteiger partial charge in [0.25, 0.3) is 0 Å². The molecular formula is C12H17NO3S. The lowest BCUT2D eigenvalue weighted by atomic mass is 10.3. The summed E-state index contributed by atoms with van der Waals surface area (Å²) in [7, 11) is 4.78. The molecule has 0 aliphatic rings. The van der Waals surface area contributed by atoms with E-state index in [1.807, 2.05) is 24.3 Å². The predicted molar refractivity (Wildman–Crippen MR) is 68.6 cm³/mol. The molecular weight excluding hydrogens is 238 g/mol. The first-order chi connectivity index (χ1) is 8.21. The number of thioether (sulfide) groups is 1. The second-order valence-corrected chi connectivity index (χ2v) is 4.44. The smallest absolute Gasteiger partial charge is 0.323 e. The number of likely N-dealkylation sites (N-methyl/N-ethyl adjacent to an activating group) is 1. The van der Waals surface area contributed by atoms with E-state index < -0.39 is 0 Å². The Bertz CT molecular complexity index is 353. The standard InChI is InChI=1S/C12H17NO3S/c1-13-11(12(14)16-3)8-17-10-6-4-9(15-2)5-7-10/h4-7,11,13H,8H2,1-3H3. The van der Waals surface area contributed by atoms with Gasteiger partial charge in [0.15, 0.2) is 0 Å². The van der Waals surface area contributed by atoms with Crippen molar-refractivity contribution in [2.45, 2.75) is 10.9 Å². The lowest BCUT2D eigenvalue weighted by molar-refractivity contribution is -0.142. The Labute approximate surface area is 106 Å². The maximum absolute atomic E-state index is 11.3. The zero-order valence-corrected chi connectivity index (χ0v) is 11.0. The van der Waals surface area contributed by atoms with Crippen LogP contribution in [0.15, 0.2) is 29.2 Å². The summed E-state index contributed by atoms with van der Waals surface area (Å²) in [6, 6.07) is 7.44. The summed E-state index contributed by atoms with van der Waals surface area (Å²) in [4.78, 5) is 12.4. The Morgan fingerprint density at radius 3 is 2.47 bits per heavy atom. The molecule has 0 spiro atoms. The third-order valence-corrected chi connectivity index (χ3v) is 3.42. The Balaban J connectivity index is 2.50. The van der Waals surface area contributed by atoms with Crippen LogP contribution < -0.4 is 10.1 Å². The molecule has 1 unspecified atom stereocenters. The molecule has 4 nitrogen and oxygen atoms in total. The molecule has 1 N–H and O–H groups in total. The number of hydrogen-bond donors (Lipinski definition) is 1. The van der Waals surface area contributed by atoms with E-state index in [0.29, 0.717) is 5.75 Å². The minimum absolute atomic E-state index is 0.242. The first-order valence-corrected chi connectivity index (χ1v) is 6.21. The molecule has 1 aromatic rings. The second kappa shape index (κ2) is 7.19. The number of ether oxygens (including phenoxy) is 2. The van der Waals surface area contributed by atoms with Gasteiger partial charge in [-0.05, 0) is 31.3 Å². The van der Waals surface area contributed by atoms with E-state index in [2.05, 4.69) is 5.32 Å². The summed E-state index contributed by atoms with van der Waals surface area (Å²) in [6.07, 6.45) is 0. The van der Waals surface area contributed by atoms with E-state index in [1.54, 1.807) is 25.9 Å². The van der Waals surface area contributed by atoms with Crippen LogP contribution in [-0.4, -0.2) is 39.0 Å². The predicted octanol–water partition coefficient (Wildman–Crippen LogP) is 1.55. The maximum atomic E-state index is 11.3. The highest BCUT2D eigenvalue weighted by Crippen LogP contribution is 2.21. The number of rotatable bonds is 6. The van der Waals surface area contributed by atoms with Gasteiger partial charge in [-0.1, -0.05) is 0 Å². The van der Waals surface area contributed by atoms with E-state index in [9.17, 15) is 4.79 Å². The molecule has 0 fully saturated rings. The van der Waals surface area contributed by atoms with Crippen LogP contribution in [0.3, 0.4) is 0 Å². The van der Waals surface area contributed by atoms with E-state index in [4.69, 9.17) is 9.47 Å². The minimum atomic E-state index is -0.285. The van der Waals surface area contributed by atoms with Crippen molar-refractivity contribution in [3.63, 3.8) is 0 Å². The van der Waals surface area contributed by atoms with Crippen LogP contribution in [-0.2, 0) is 9.53 Å². The summed E-state index contributed by atoms with van der Waals surface area (Å²) in [6.45, 7) is 0. The zero-order valence-electron chi connectivity index (χ0n) is 10.2. The normalized spacial score (nSPS) is 11.9. The van der Waals surface area contributed by atoms with Crippen LogP contribution in [0.1, 0.15) is 0 Å². The fourth-order valence-corrected chi connectivity index (χ4v) is 2.25. The van der Waals surface area contributed by atoms with Crippen molar-refractivity contribution >= 4 is 17.7 Å². The number of esters is 1. The topological polar surface area (TPSA) is 47.6 Å². The molecule has 17 heavy (non-hydrogen) atoms. The summed E-state index contributed by atoms with van der Waals surface area (Å²) in [5.74, 6) is 1.22. The van der Waals surface area contributed by atoms with E-state index in [1.165, 1.54) is 7.11 Å². The molecule has 0 aliphatic carbocycles. The van der Waals surface area contributed by atoms with Gasteiger partial charge in [0.05, 0.1) is 14.2 Å². The van der Waals surface area contributed by atoms with Crippen LogP contribution in [0.25, 0.3) is 0 Å². The van der Waals surface area contributed by atoms with Crippen LogP contribution in [0.4, 0.5) is 0 Å². The summed E-state index contributed by atoms with van der Waals surface area (Å²) in [5.41, 5.74) is 0. The fourth-order valence-electron chi connectivity index (χ4n) is 1.26. The van der Waals surface area contributed by atoms with Gasteiger partial charge < -0.3 is 14.8 Å². The molecule has 5 heteroatoms. The molecule has 0 aliphatic heterocycles. The molecule has 0 heterocycles. The number of methoxy groups -OCH3 is 2. The summed E-state index contributed by atoms with van der Waals surface area (Å²) >= 11 is 1.60. The Morgan fingerprint density at radius 2 is 2.00 bits per heavy atom. The highest BCUT2D eigenvalue weighted by Gasteiger charge is 2.16. The quantitative estimate of drug-likeness (QED) is 0.617. The Morgan fingerprint density at radius 1 is 1.35 bits per heavy atom. The lowest BCUT2D eigenvalue weighted by Gasteiger charge is -2.13. The molecule has 0 radical (unpaired) electrons. The Hall–Kier alpha value is -1.20. The molecule has 0 saturated heterocycles. The van der Waals surface area contributed by atoms with Gasteiger partial charge in [0.2, 0.25) is 0 Å². The van der Waals surface area contributed by atoms with Gasteiger partial charge in [-0.25, -0.2) is 0 Å². The number of carbonyl (C=O) groups excluding carboxylic acids is 1. The van der Waals surface area contributed by atoms with Crippen molar-refractivity contribution in [3.05, 3.63) is 24.3 Å². The van der Waals surface area contributed by atoms with E-state index in [0.717, 1.165) is 10.6 Å². The molecule has 94 valence electrons. The van der Waals surface area contributed by atoms with Gasteiger partial charge in [-0.15, -0.1) is 11.8 Å². The van der Waals surface area contributed by atoms with Gasteiger partial charge in [0, 0.05) is 10.6 Å². The van der Waals surface area contributed by atoms with Crippen molar-refractivity contribution in [3.8, 4) is 5.75 Å². The molecule has 1 atom stereocenters. The first-order valence-electron chi connectivity index (χ1n) is 5.23. The summed E-state index contributed by atoms with van der Waals surface area (Å²) in [5, 5.41) is 2.93. The van der Waals surface area contributed by atoms with Gasteiger partial charge in [-0.2, -0.15) is 0 Å². The molecule has 1 aromatic carbocycles. The van der Waals surface area contributed by atoms with Crippen molar-refractivity contribution in [1.29, 1.82) is 0 Å². The van der Waals surface area contributed by atoms with Crippen LogP contribution >= 0.6 is 11.8 Å². The number of benzene rings is 1. The Kier molecular flexibility index (Phi) is 5.86. The van der Waals surface area contributed by atoms with Crippen molar-refractivity contribution < 1.29 is 14.3 Å². The third kappa shape index (κ3) is 4.28. The molecule has 0 aromatic heterocycles. The lowest BCUT2D eigenvalue weighted by Crippen LogP contribution is -2.37. The van der Waals surface area contributed by atoms with Gasteiger partial charge in [-0.3, -0.25) is 4.79 Å². The zero-order chi connectivity index (χ0) is 12.7. The number of hydrogen-bond acceptors (Lipinski definition) is 5. The maximum Gasteiger partial charge on any atom is 0.323 e. The second-order valence-electron chi connectivity index (χ2n) is 3.35. The highest BCUT2D eigenvalue weighted by atomic mass is 32.2. The largest absolute Gasteiger partial charge is 0.497 e. The van der Waals surface area contributed by atoms with Crippen molar-refractivity contribution in [2.24, 2.45) is 0 Å². The number of carbonyl (C=O) groups is 1. The fraction of sp³-hybridized carbons (Fsp3) is 0.417. The van der Waals surface area contributed by atoms with Crippen LogP contribution in [0, 0.1) is 0 Å². The molecule has 0 amide bonds. The molecule has 0 bridgehead atoms. The highest BCUT2D eigenvalue weighted by molar-refractivity contribution is 7.99. The first kappa shape index (κ1) is 13.9. The van der Waals surface area contributed by atoms with Gasteiger partial charge >= 0.3 is 5.97 Å². The van der Waals surface area contributed by atoms with Gasteiger partial charge in [0.1, 0.15) is 11.8 Å². The summed E-state index contributed by atoms with van der Waals surface area (Å²) < 4.78 is 9.77. The molecule has 1 rings (SSSR count). The van der Waals surface area contributed by atoms with Crippen LogP contribution in [0.2, 0.25) is 0 Å². The minimum Gasteiger partial charge on any atom is -0.497 e. The molecule has 0 saturated carbocycles. The average Bonchev–Trinajstić information content (AvgIpc) is 2.39.